The van der Waals surface area contributed by atoms with Crippen molar-refractivity contribution in [1.29, 1.82) is 0 Å². The first-order chi connectivity index (χ1) is 12.5. The van der Waals surface area contributed by atoms with E-state index in [1.165, 1.54) is 14.2 Å². The van der Waals surface area contributed by atoms with E-state index in [9.17, 15) is 9.59 Å². The number of hydrogen-bond acceptors (Lipinski definition) is 5. The zero-order valence-corrected chi connectivity index (χ0v) is 15.5. The predicted molar refractivity (Wildman–Crippen MR) is 98.0 cm³/mol. The lowest BCUT2D eigenvalue weighted by Crippen LogP contribution is -2.12. The summed E-state index contributed by atoms with van der Waals surface area (Å²) in [5.41, 5.74) is 1.56. The van der Waals surface area contributed by atoms with Gasteiger partial charge in [-0.05, 0) is 24.3 Å². The Bertz CT molecular complexity index is 1010. The Labute approximate surface area is 159 Å². The van der Waals surface area contributed by atoms with Gasteiger partial charge in [0.05, 0.1) is 43.1 Å². The van der Waals surface area contributed by atoms with Crippen LogP contribution in [-0.4, -0.2) is 35.9 Å². The summed E-state index contributed by atoms with van der Waals surface area (Å²) in [6.07, 6.45) is 1.60. The fourth-order valence-electron chi connectivity index (χ4n) is 2.74. The van der Waals surface area contributed by atoms with Crippen LogP contribution >= 0.6 is 23.2 Å². The molecule has 1 heterocycles. The van der Waals surface area contributed by atoms with Crippen molar-refractivity contribution in [3.63, 3.8) is 0 Å². The third-order valence-corrected chi connectivity index (χ3v) is 4.64. The Morgan fingerprint density at radius 2 is 1.77 bits per heavy atom. The normalized spacial score (nSPS) is 10.8. The number of ether oxygens (including phenoxy) is 2. The van der Waals surface area contributed by atoms with Crippen LogP contribution in [0.15, 0.2) is 36.5 Å². The quantitative estimate of drug-likeness (QED) is 0.628. The highest BCUT2D eigenvalue weighted by Gasteiger charge is 2.21. The number of esters is 2. The summed E-state index contributed by atoms with van der Waals surface area (Å²) in [6, 6.07) is 8.31. The molecule has 0 amide bonds. The molecule has 0 spiro atoms. The minimum atomic E-state index is -0.574. The van der Waals surface area contributed by atoms with Gasteiger partial charge < -0.3 is 9.47 Å². The Kier molecular flexibility index (Phi) is 5.15. The first kappa shape index (κ1) is 18.2. The fourth-order valence-corrected chi connectivity index (χ4v) is 3.20. The van der Waals surface area contributed by atoms with Gasteiger partial charge >= 0.3 is 11.9 Å². The number of halogens is 2. The van der Waals surface area contributed by atoms with E-state index in [4.69, 9.17) is 32.7 Å². The fraction of sp³-hybridized carbons (Fsp3) is 0.167. The molecule has 8 heteroatoms. The molecule has 26 heavy (non-hydrogen) atoms. The number of fused-ring (bicyclic) bond motifs is 1. The maximum absolute atomic E-state index is 12.2. The summed E-state index contributed by atoms with van der Waals surface area (Å²) < 4.78 is 11.2. The van der Waals surface area contributed by atoms with Gasteiger partial charge in [0.1, 0.15) is 5.56 Å². The van der Waals surface area contributed by atoms with E-state index in [1.807, 2.05) is 0 Å². The minimum absolute atomic E-state index is 0.151. The molecule has 0 fully saturated rings. The predicted octanol–water partition coefficient (Wildman–Crippen LogP) is 3.96. The molecule has 0 radical (unpaired) electrons. The maximum Gasteiger partial charge on any atom is 0.341 e. The van der Waals surface area contributed by atoms with E-state index >= 15 is 0 Å². The third kappa shape index (κ3) is 3.13. The molecule has 0 unspecified atom stereocenters. The summed E-state index contributed by atoms with van der Waals surface area (Å²) in [5.74, 6) is -1.08. The number of aromatic nitrogens is 2. The van der Waals surface area contributed by atoms with Crippen LogP contribution in [0.5, 0.6) is 0 Å². The molecule has 3 rings (SSSR count). The Hall–Kier alpha value is -2.57. The van der Waals surface area contributed by atoms with E-state index in [1.54, 1.807) is 41.2 Å². The number of nitrogens with zero attached hydrogens (tertiary/aromatic N) is 2. The van der Waals surface area contributed by atoms with Gasteiger partial charge in [0.15, 0.2) is 0 Å². The summed E-state index contributed by atoms with van der Waals surface area (Å²) in [5, 5.41) is 5.66. The van der Waals surface area contributed by atoms with Crippen molar-refractivity contribution in [3.8, 4) is 0 Å². The second-order valence-corrected chi connectivity index (χ2v) is 6.23. The van der Waals surface area contributed by atoms with Crippen molar-refractivity contribution in [2.45, 2.75) is 6.54 Å². The molecule has 134 valence electrons. The first-order valence-corrected chi connectivity index (χ1v) is 8.31. The van der Waals surface area contributed by atoms with Crippen LogP contribution in [-0.2, 0) is 16.0 Å². The smallest absolute Gasteiger partial charge is 0.341 e. The molecular weight excluding hydrogens is 379 g/mol. The lowest BCUT2D eigenvalue weighted by Gasteiger charge is -2.12. The standard InChI is InChI=1S/C18H14Cl2N2O4/c1-25-17(23)11-4-3-5-13(19)12(11)9-22-16-10(8-21-22)6-7-14(20)15(16)18(24)26-2/h3-8H,9H2,1-2H3. The van der Waals surface area contributed by atoms with Gasteiger partial charge in [0, 0.05) is 16.0 Å². The van der Waals surface area contributed by atoms with Crippen molar-refractivity contribution in [1.82, 2.24) is 9.78 Å². The molecular formula is C18H14Cl2N2O4. The molecule has 0 bridgehead atoms. The van der Waals surface area contributed by atoms with Gasteiger partial charge in [-0.2, -0.15) is 5.10 Å². The van der Waals surface area contributed by atoms with Gasteiger partial charge in [-0.15, -0.1) is 0 Å². The molecule has 0 saturated carbocycles. The molecule has 0 aliphatic carbocycles. The van der Waals surface area contributed by atoms with Gasteiger partial charge in [-0.25, -0.2) is 9.59 Å². The summed E-state index contributed by atoms with van der Waals surface area (Å²) in [6.45, 7) is 0.151. The highest BCUT2D eigenvalue weighted by atomic mass is 35.5. The van der Waals surface area contributed by atoms with Crippen LogP contribution in [0.25, 0.3) is 10.9 Å². The highest BCUT2D eigenvalue weighted by molar-refractivity contribution is 6.35. The summed E-state index contributed by atoms with van der Waals surface area (Å²) in [4.78, 5) is 24.2. The number of rotatable bonds is 4. The largest absolute Gasteiger partial charge is 0.465 e. The lowest BCUT2D eigenvalue weighted by atomic mass is 10.1. The number of carbonyl (C=O) groups excluding carboxylic acids is 2. The van der Waals surface area contributed by atoms with E-state index in [0.29, 0.717) is 27.1 Å². The second kappa shape index (κ2) is 7.35. The van der Waals surface area contributed by atoms with Crippen molar-refractivity contribution in [3.05, 3.63) is 63.3 Å². The van der Waals surface area contributed by atoms with Crippen molar-refractivity contribution in [2.75, 3.05) is 14.2 Å². The zero-order chi connectivity index (χ0) is 18.8. The van der Waals surface area contributed by atoms with Crippen molar-refractivity contribution < 1.29 is 19.1 Å². The average molecular weight is 393 g/mol. The van der Waals surface area contributed by atoms with E-state index in [2.05, 4.69) is 5.10 Å². The number of hydrogen-bond donors (Lipinski definition) is 0. The monoisotopic (exact) mass is 392 g/mol. The molecule has 2 aromatic carbocycles. The topological polar surface area (TPSA) is 70.4 Å². The summed E-state index contributed by atoms with van der Waals surface area (Å²) in [7, 11) is 2.58. The van der Waals surface area contributed by atoms with Crippen LogP contribution in [0.3, 0.4) is 0 Å². The number of benzene rings is 2. The first-order valence-electron chi connectivity index (χ1n) is 7.56. The van der Waals surface area contributed by atoms with Crippen LogP contribution in [0, 0.1) is 0 Å². The minimum Gasteiger partial charge on any atom is -0.465 e. The van der Waals surface area contributed by atoms with Gasteiger partial charge in [0.25, 0.3) is 0 Å². The Morgan fingerprint density at radius 1 is 1.04 bits per heavy atom. The van der Waals surface area contributed by atoms with E-state index in [-0.39, 0.29) is 17.1 Å². The van der Waals surface area contributed by atoms with E-state index in [0.717, 1.165) is 0 Å². The van der Waals surface area contributed by atoms with Crippen LogP contribution in [0.4, 0.5) is 0 Å². The van der Waals surface area contributed by atoms with Gasteiger partial charge in [-0.1, -0.05) is 29.3 Å². The second-order valence-electron chi connectivity index (χ2n) is 5.41. The Balaban J connectivity index is 2.19. The van der Waals surface area contributed by atoms with Crippen LogP contribution in [0.1, 0.15) is 26.3 Å². The highest BCUT2D eigenvalue weighted by Crippen LogP contribution is 2.29. The average Bonchev–Trinajstić information content (AvgIpc) is 3.05. The number of carbonyl (C=O) groups is 2. The molecule has 6 nitrogen and oxygen atoms in total. The maximum atomic E-state index is 12.2. The SMILES string of the molecule is COC(=O)c1cccc(Cl)c1Cn1ncc2ccc(Cl)c(C(=O)OC)c21. The van der Waals surface area contributed by atoms with Gasteiger partial charge in [0.2, 0.25) is 0 Å². The van der Waals surface area contributed by atoms with Gasteiger partial charge in [-0.3, -0.25) is 4.68 Å². The zero-order valence-electron chi connectivity index (χ0n) is 14.0. The molecule has 1 aromatic heterocycles. The summed E-state index contributed by atoms with van der Waals surface area (Å²) >= 11 is 12.5. The Morgan fingerprint density at radius 3 is 2.46 bits per heavy atom. The number of methoxy groups -OCH3 is 2. The van der Waals surface area contributed by atoms with Crippen molar-refractivity contribution in [2.24, 2.45) is 0 Å². The molecule has 0 N–H and O–H groups in total. The molecule has 0 saturated heterocycles. The molecule has 0 aliphatic heterocycles. The molecule has 0 atom stereocenters. The molecule has 0 aliphatic rings. The third-order valence-electron chi connectivity index (χ3n) is 3.97. The molecule has 3 aromatic rings. The van der Waals surface area contributed by atoms with Crippen LogP contribution in [0.2, 0.25) is 10.0 Å². The van der Waals surface area contributed by atoms with Crippen molar-refractivity contribution >= 4 is 46.0 Å². The lowest BCUT2D eigenvalue weighted by molar-refractivity contribution is 0.0591. The van der Waals surface area contributed by atoms with E-state index < -0.39 is 11.9 Å². The van der Waals surface area contributed by atoms with Crippen LogP contribution < -0.4 is 0 Å².